The Morgan fingerprint density at radius 2 is 2.00 bits per heavy atom. The molecule has 1 rings (SSSR count). The first kappa shape index (κ1) is 8.02. The Bertz CT molecular complexity index is 118. The van der Waals surface area contributed by atoms with E-state index in [1.165, 1.54) is 12.8 Å². The highest BCUT2D eigenvalue weighted by atomic mass is 16.5. The van der Waals surface area contributed by atoms with E-state index >= 15 is 0 Å². The molecule has 0 aromatic heterocycles. The van der Waals surface area contributed by atoms with E-state index in [4.69, 9.17) is 10.5 Å². The van der Waals surface area contributed by atoms with Crippen LogP contribution in [0.1, 0.15) is 26.7 Å². The van der Waals surface area contributed by atoms with Crippen LogP contribution in [-0.2, 0) is 4.74 Å². The van der Waals surface area contributed by atoms with Gasteiger partial charge >= 0.3 is 0 Å². The van der Waals surface area contributed by atoms with Gasteiger partial charge in [-0.25, -0.2) is 0 Å². The molecule has 0 heterocycles. The van der Waals surface area contributed by atoms with Crippen LogP contribution in [0.25, 0.3) is 0 Å². The molecule has 1 aliphatic carbocycles. The zero-order chi connectivity index (χ0) is 7.78. The van der Waals surface area contributed by atoms with Crippen molar-refractivity contribution in [3.05, 3.63) is 0 Å². The van der Waals surface area contributed by atoms with Gasteiger partial charge in [-0.1, -0.05) is 0 Å². The third kappa shape index (κ3) is 1.50. The first-order chi connectivity index (χ1) is 4.58. The van der Waals surface area contributed by atoms with E-state index in [0.717, 1.165) is 5.92 Å². The van der Waals surface area contributed by atoms with Crippen molar-refractivity contribution >= 4 is 0 Å². The monoisotopic (exact) mass is 143 g/mol. The molecule has 0 spiro atoms. The van der Waals surface area contributed by atoms with Crippen molar-refractivity contribution in [2.75, 3.05) is 7.11 Å². The summed E-state index contributed by atoms with van der Waals surface area (Å²) in [5, 5.41) is 0. The molecule has 0 aromatic rings. The minimum atomic E-state index is -0.138. The number of rotatable bonds is 3. The zero-order valence-electron chi connectivity index (χ0n) is 7.05. The number of methoxy groups -OCH3 is 1. The normalized spacial score (nSPS) is 22.8. The SMILES string of the molecule is COC(C)(C)C(N)C1CC1. The van der Waals surface area contributed by atoms with E-state index in [-0.39, 0.29) is 11.6 Å². The number of hydrogen-bond donors (Lipinski definition) is 1. The highest BCUT2D eigenvalue weighted by Gasteiger charge is 2.38. The minimum Gasteiger partial charge on any atom is -0.377 e. The van der Waals surface area contributed by atoms with E-state index in [2.05, 4.69) is 13.8 Å². The van der Waals surface area contributed by atoms with Crippen LogP contribution in [0.4, 0.5) is 0 Å². The van der Waals surface area contributed by atoms with Crippen LogP contribution in [0.15, 0.2) is 0 Å². The highest BCUT2D eigenvalue weighted by molar-refractivity contribution is 4.94. The van der Waals surface area contributed by atoms with Crippen molar-refractivity contribution in [1.29, 1.82) is 0 Å². The Morgan fingerprint density at radius 1 is 1.50 bits per heavy atom. The van der Waals surface area contributed by atoms with Crippen LogP contribution in [-0.4, -0.2) is 18.8 Å². The summed E-state index contributed by atoms with van der Waals surface area (Å²) in [4.78, 5) is 0. The quantitative estimate of drug-likeness (QED) is 0.643. The molecule has 0 saturated heterocycles. The molecule has 2 nitrogen and oxygen atoms in total. The molecule has 1 saturated carbocycles. The molecule has 0 amide bonds. The third-order valence-corrected chi connectivity index (χ3v) is 2.46. The molecule has 0 bridgehead atoms. The van der Waals surface area contributed by atoms with Crippen LogP contribution in [0.5, 0.6) is 0 Å². The maximum atomic E-state index is 5.94. The van der Waals surface area contributed by atoms with Gasteiger partial charge in [0.05, 0.1) is 5.60 Å². The van der Waals surface area contributed by atoms with Gasteiger partial charge < -0.3 is 10.5 Å². The van der Waals surface area contributed by atoms with Crippen molar-refractivity contribution in [3.63, 3.8) is 0 Å². The molecule has 1 fully saturated rings. The van der Waals surface area contributed by atoms with Gasteiger partial charge in [0.25, 0.3) is 0 Å². The van der Waals surface area contributed by atoms with Gasteiger partial charge in [0.2, 0.25) is 0 Å². The summed E-state index contributed by atoms with van der Waals surface area (Å²) in [5.74, 6) is 0.718. The topological polar surface area (TPSA) is 35.2 Å². The average molecular weight is 143 g/mol. The Hall–Kier alpha value is -0.0800. The molecule has 1 aliphatic rings. The van der Waals surface area contributed by atoms with E-state index in [0.29, 0.717) is 0 Å². The summed E-state index contributed by atoms with van der Waals surface area (Å²) in [7, 11) is 1.72. The first-order valence-electron chi connectivity index (χ1n) is 3.88. The van der Waals surface area contributed by atoms with Crippen LogP contribution >= 0.6 is 0 Å². The smallest absolute Gasteiger partial charge is 0.0775 e. The van der Waals surface area contributed by atoms with Crippen LogP contribution < -0.4 is 5.73 Å². The van der Waals surface area contributed by atoms with Gasteiger partial charge in [-0.15, -0.1) is 0 Å². The lowest BCUT2D eigenvalue weighted by atomic mass is 9.95. The predicted octanol–water partition coefficient (Wildman–Crippen LogP) is 1.15. The Balaban J connectivity index is 2.43. The molecule has 2 heteroatoms. The molecule has 60 valence electrons. The summed E-state index contributed by atoms with van der Waals surface area (Å²) in [6.07, 6.45) is 2.57. The van der Waals surface area contributed by atoms with Gasteiger partial charge in [0.15, 0.2) is 0 Å². The van der Waals surface area contributed by atoms with Crippen molar-refractivity contribution < 1.29 is 4.74 Å². The summed E-state index contributed by atoms with van der Waals surface area (Å²) in [5.41, 5.74) is 5.80. The van der Waals surface area contributed by atoms with Crippen molar-refractivity contribution in [2.45, 2.75) is 38.3 Å². The molecule has 1 atom stereocenters. The summed E-state index contributed by atoms with van der Waals surface area (Å²) < 4.78 is 5.28. The molecule has 0 aliphatic heterocycles. The standard InChI is InChI=1S/C8H17NO/c1-8(2,10-3)7(9)6-4-5-6/h6-7H,4-5,9H2,1-3H3. The molecule has 1 unspecified atom stereocenters. The van der Waals surface area contributed by atoms with Crippen molar-refractivity contribution in [1.82, 2.24) is 0 Å². The Labute approximate surface area is 62.7 Å². The fourth-order valence-corrected chi connectivity index (χ4v) is 1.16. The lowest BCUT2D eigenvalue weighted by Gasteiger charge is -2.30. The first-order valence-corrected chi connectivity index (χ1v) is 3.88. The number of nitrogens with two attached hydrogens (primary N) is 1. The summed E-state index contributed by atoms with van der Waals surface area (Å²) in [6.45, 7) is 4.10. The number of ether oxygens (including phenoxy) is 1. The molecular formula is C8H17NO. The molecule has 0 radical (unpaired) electrons. The lowest BCUT2D eigenvalue weighted by molar-refractivity contribution is -0.00504. The minimum absolute atomic E-state index is 0.138. The fraction of sp³-hybridized carbons (Fsp3) is 1.00. The van der Waals surface area contributed by atoms with E-state index in [9.17, 15) is 0 Å². The maximum Gasteiger partial charge on any atom is 0.0775 e. The van der Waals surface area contributed by atoms with E-state index in [1.807, 2.05) is 0 Å². The second kappa shape index (κ2) is 2.51. The van der Waals surface area contributed by atoms with E-state index < -0.39 is 0 Å². The second-order valence-electron chi connectivity index (χ2n) is 3.67. The lowest BCUT2D eigenvalue weighted by Crippen LogP contribution is -2.46. The van der Waals surface area contributed by atoms with Crippen molar-refractivity contribution in [2.24, 2.45) is 11.7 Å². The highest BCUT2D eigenvalue weighted by Crippen LogP contribution is 2.36. The summed E-state index contributed by atoms with van der Waals surface area (Å²) >= 11 is 0. The van der Waals surface area contributed by atoms with Gasteiger partial charge in [-0.3, -0.25) is 0 Å². The maximum absolute atomic E-state index is 5.94. The Morgan fingerprint density at radius 3 is 2.30 bits per heavy atom. The molecule has 0 aromatic carbocycles. The third-order valence-electron chi connectivity index (χ3n) is 2.46. The van der Waals surface area contributed by atoms with Crippen LogP contribution in [0, 0.1) is 5.92 Å². The molecular weight excluding hydrogens is 126 g/mol. The van der Waals surface area contributed by atoms with Gasteiger partial charge in [-0.2, -0.15) is 0 Å². The Kier molecular flexibility index (Phi) is 2.02. The summed E-state index contributed by atoms with van der Waals surface area (Å²) in [6, 6.07) is 0.220. The number of hydrogen-bond acceptors (Lipinski definition) is 2. The fourth-order valence-electron chi connectivity index (χ4n) is 1.16. The molecule has 2 N–H and O–H groups in total. The van der Waals surface area contributed by atoms with Crippen LogP contribution in [0.3, 0.4) is 0 Å². The largest absolute Gasteiger partial charge is 0.377 e. The average Bonchev–Trinajstić information content (AvgIpc) is 2.68. The van der Waals surface area contributed by atoms with E-state index in [1.54, 1.807) is 7.11 Å². The second-order valence-corrected chi connectivity index (χ2v) is 3.67. The van der Waals surface area contributed by atoms with Gasteiger partial charge in [-0.05, 0) is 32.6 Å². The van der Waals surface area contributed by atoms with Crippen molar-refractivity contribution in [3.8, 4) is 0 Å². The van der Waals surface area contributed by atoms with Crippen LogP contribution in [0.2, 0.25) is 0 Å². The van der Waals surface area contributed by atoms with Gasteiger partial charge in [0.1, 0.15) is 0 Å². The molecule has 10 heavy (non-hydrogen) atoms. The zero-order valence-corrected chi connectivity index (χ0v) is 7.05. The van der Waals surface area contributed by atoms with Gasteiger partial charge in [0, 0.05) is 13.2 Å². The predicted molar refractivity (Wildman–Crippen MR) is 41.8 cm³/mol.